The molecule has 76 valence electrons. The van der Waals surface area contributed by atoms with Crippen LogP contribution in [-0.2, 0) is 5.54 Å². The largest absolute Gasteiger partial charge is 0.321 e. The van der Waals surface area contributed by atoms with E-state index in [2.05, 4.69) is 6.92 Å². The second-order valence-electron chi connectivity index (χ2n) is 4.34. The molecule has 0 spiro atoms. The van der Waals surface area contributed by atoms with Gasteiger partial charge >= 0.3 is 0 Å². The fraction of sp³-hybridized carbons (Fsp3) is 0.500. The van der Waals surface area contributed by atoms with Crippen LogP contribution in [0.15, 0.2) is 24.3 Å². The predicted molar refractivity (Wildman–Crippen MR) is 55.3 cm³/mol. The average Bonchev–Trinajstić information content (AvgIpc) is 2.49. The lowest BCUT2D eigenvalue weighted by atomic mass is 9.82. The summed E-state index contributed by atoms with van der Waals surface area (Å²) in [5, 5.41) is 0. The summed E-state index contributed by atoms with van der Waals surface area (Å²) in [6.07, 6.45) is 3.26. The van der Waals surface area contributed by atoms with Crippen molar-refractivity contribution in [2.75, 3.05) is 0 Å². The Hall–Kier alpha value is -0.890. The van der Waals surface area contributed by atoms with E-state index in [1.807, 2.05) is 6.07 Å². The molecule has 2 atom stereocenters. The molecule has 0 amide bonds. The zero-order valence-electron chi connectivity index (χ0n) is 8.46. The van der Waals surface area contributed by atoms with Gasteiger partial charge in [-0.2, -0.15) is 0 Å². The predicted octanol–water partition coefficient (Wildman–Crippen LogP) is 2.80. The Morgan fingerprint density at radius 1 is 1.50 bits per heavy atom. The third kappa shape index (κ3) is 1.44. The molecule has 14 heavy (non-hydrogen) atoms. The van der Waals surface area contributed by atoms with E-state index in [0.29, 0.717) is 5.92 Å². The molecule has 1 aliphatic rings. The summed E-state index contributed by atoms with van der Waals surface area (Å²) in [5.74, 6) is 0.260. The molecule has 2 unspecified atom stereocenters. The lowest BCUT2D eigenvalue weighted by Crippen LogP contribution is -2.39. The first-order chi connectivity index (χ1) is 6.63. The van der Waals surface area contributed by atoms with Crippen LogP contribution >= 0.6 is 0 Å². The summed E-state index contributed by atoms with van der Waals surface area (Å²) in [5.41, 5.74) is 6.97. The van der Waals surface area contributed by atoms with E-state index < -0.39 is 0 Å². The topological polar surface area (TPSA) is 26.0 Å². The van der Waals surface area contributed by atoms with Crippen LogP contribution in [-0.4, -0.2) is 0 Å². The Bertz CT molecular complexity index is 337. The molecule has 0 aromatic heterocycles. The van der Waals surface area contributed by atoms with Crippen LogP contribution in [0.2, 0.25) is 0 Å². The molecule has 0 aliphatic heterocycles. The van der Waals surface area contributed by atoms with Gasteiger partial charge < -0.3 is 5.73 Å². The molecule has 2 N–H and O–H groups in total. The molecule has 1 fully saturated rings. The van der Waals surface area contributed by atoms with Crippen molar-refractivity contribution in [2.24, 2.45) is 11.7 Å². The summed E-state index contributed by atoms with van der Waals surface area (Å²) in [6.45, 7) is 2.15. The molecule has 1 aliphatic carbocycles. The lowest BCUT2D eigenvalue weighted by Gasteiger charge is -2.29. The highest BCUT2D eigenvalue weighted by Gasteiger charge is 2.37. The second kappa shape index (κ2) is 3.35. The molecule has 2 rings (SSSR count). The molecule has 0 saturated heterocycles. The highest BCUT2D eigenvalue weighted by Crippen LogP contribution is 2.41. The van der Waals surface area contributed by atoms with E-state index in [1.165, 1.54) is 6.07 Å². The van der Waals surface area contributed by atoms with Crippen LogP contribution in [0.25, 0.3) is 0 Å². The molecule has 0 bridgehead atoms. The lowest BCUT2D eigenvalue weighted by molar-refractivity contribution is 0.348. The Morgan fingerprint density at radius 2 is 2.29 bits per heavy atom. The molecule has 2 heteroatoms. The number of rotatable bonds is 1. The summed E-state index contributed by atoms with van der Waals surface area (Å²) in [6, 6.07) is 6.71. The summed E-state index contributed by atoms with van der Waals surface area (Å²) >= 11 is 0. The fourth-order valence-electron chi connectivity index (χ4n) is 2.41. The van der Waals surface area contributed by atoms with Crippen LogP contribution in [0, 0.1) is 11.7 Å². The fourth-order valence-corrected chi connectivity index (χ4v) is 2.41. The monoisotopic (exact) mass is 193 g/mol. The number of benzene rings is 1. The third-order valence-corrected chi connectivity index (χ3v) is 3.47. The van der Waals surface area contributed by atoms with E-state index in [4.69, 9.17) is 5.73 Å². The molecule has 1 saturated carbocycles. The van der Waals surface area contributed by atoms with Gasteiger partial charge in [0, 0.05) is 5.54 Å². The second-order valence-corrected chi connectivity index (χ2v) is 4.34. The maximum Gasteiger partial charge on any atom is 0.123 e. The maximum atomic E-state index is 13.1. The smallest absolute Gasteiger partial charge is 0.123 e. The summed E-state index contributed by atoms with van der Waals surface area (Å²) in [7, 11) is 0. The van der Waals surface area contributed by atoms with Crippen molar-refractivity contribution >= 4 is 0 Å². The Labute approximate surface area is 84.1 Å². The van der Waals surface area contributed by atoms with E-state index >= 15 is 0 Å². The first kappa shape index (κ1) is 9.66. The zero-order chi connectivity index (χ0) is 10.2. The molecular weight excluding hydrogens is 177 g/mol. The van der Waals surface area contributed by atoms with Gasteiger partial charge in [-0.15, -0.1) is 0 Å². The Kier molecular flexibility index (Phi) is 2.31. The molecular formula is C12H16FN. The normalized spacial score (nSPS) is 32.1. The van der Waals surface area contributed by atoms with E-state index in [1.54, 1.807) is 12.1 Å². The number of halogens is 1. The highest BCUT2D eigenvalue weighted by molar-refractivity contribution is 5.26. The van der Waals surface area contributed by atoms with Crippen LogP contribution in [0.5, 0.6) is 0 Å². The van der Waals surface area contributed by atoms with Gasteiger partial charge in [0.25, 0.3) is 0 Å². The van der Waals surface area contributed by atoms with Crippen LogP contribution in [0.1, 0.15) is 31.7 Å². The summed E-state index contributed by atoms with van der Waals surface area (Å²) < 4.78 is 13.1. The Balaban J connectivity index is 2.38. The van der Waals surface area contributed by atoms with Gasteiger partial charge in [-0.3, -0.25) is 0 Å². The number of hydrogen-bond acceptors (Lipinski definition) is 1. The number of hydrogen-bond donors (Lipinski definition) is 1. The van der Waals surface area contributed by atoms with Gasteiger partial charge in [0.2, 0.25) is 0 Å². The average molecular weight is 193 g/mol. The maximum absolute atomic E-state index is 13.1. The first-order valence-corrected chi connectivity index (χ1v) is 5.18. The zero-order valence-corrected chi connectivity index (χ0v) is 8.46. The standard InChI is InChI=1S/C12H16FN/c1-9-4-3-7-12(9,14)10-5-2-6-11(13)8-10/h2,5-6,8-9H,3-4,7,14H2,1H3. The van der Waals surface area contributed by atoms with E-state index in [0.717, 1.165) is 24.8 Å². The minimum absolute atomic E-state index is 0.188. The molecule has 0 radical (unpaired) electrons. The van der Waals surface area contributed by atoms with Crippen molar-refractivity contribution in [2.45, 2.75) is 31.7 Å². The van der Waals surface area contributed by atoms with Gasteiger partial charge in [-0.05, 0) is 36.5 Å². The highest BCUT2D eigenvalue weighted by atomic mass is 19.1. The van der Waals surface area contributed by atoms with Gasteiger partial charge in [-0.1, -0.05) is 25.5 Å². The summed E-state index contributed by atoms with van der Waals surface area (Å²) in [4.78, 5) is 0. The van der Waals surface area contributed by atoms with Gasteiger partial charge in [0.15, 0.2) is 0 Å². The van der Waals surface area contributed by atoms with Crippen molar-refractivity contribution in [1.29, 1.82) is 0 Å². The van der Waals surface area contributed by atoms with E-state index in [-0.39, 0.29) is 11.4 Å². The van der Waals surface area contributed by atoms with E-state index in [9.17, 15) is 4.39 Å². The van der Waals surface area contributed by atoms with Crippen molar-refractivity contribution in [3.05, 3.63) is 35.6 Å². The molecule has 1 aromatic rings. The van der Waals surface area contributed by atoms with Gasteiger partial charge in [0.05, 0.1) is 0 Å². The van der Waals surface area contributed by atoms with Crippen LogP contribution < -0.4 is 5.73 Å². The quantitative estimate of drug-likeness (QED) is 0.729. The molecule has 0 heterocycles. The van der Waals surface area contributed by atoms with Crippen LogP contribution in [0.4, 0.5) is 4.39 Å². The van der Waals surface area contributed by atoms with Crippen molar-refractivity contribution in [3.63, 3.8) is 0 Å². The molecule has 1 nitrogen and oxygen atoms in total. The number of nitrogens with two attached hydrogens (primary N) is 1. The SMILES string of the molecule is CC1CCCC1(N)c1cccc(F)c1. The minimum Gasteiger partial charge on any atom is -0.321 e. The van der Waals surface area contributed by atoms with Crippen molar-refractivity contribution in [3.8, 4) is 0 Å². The minimum atomic E-state index is -0.303. The van der Waals surface area contributed by atoms with Gasteiger partial charge in [-0.25, -0.2) is 4.39 Å². The Morgan fingerprint density at radius 3 is 2.86 bits per heavy atom. The molecule has 1 aromatic carbocycles. The first-order valence-electron chi connectivity index (χ1n) is 5.18. The van der Waals surface area contributed by atoms with Crippen molar-refractivity contribution in [1.82, 2.24) is 0 Å². The third-order valence-electron chi connectivity index (χ3n) is 3.47. The van der Waals surface area contributed by atoms with Crippen LogP contribution in [0.3, 0.4) is 0 Å². The van der Waals surface area contributed by atoms with Gasteiger partial charge in [0.1, 0.15) is 5.82 Å². The van der Waals surface area contributed by atoms with Crippen molar-refractivity contribution < 1.29 is 4.39 Å².